The molecule has 0 atom stereocenters. The lowest BCUT2D eigenvalue weighted by atomic mass is 10.2. The van der Waals surface area contributed by atoms with Gasteiger partial charge in [-0.2, -0.15) is 0 Å². The molecule has 0 saturated carbocycles. The van der Waals surface area contributed by atoms with E-state index < -0.39 is 0 Å². The largest absolute Gasteiger partial charge is 0.448 e. The molecule has 2 heterocycles. The molecule has 120 valence electrons. The number of hydrogen-bond acceptors (Lipinski definition) is 6. The van der Waals surface area contributed by atoms with Gasteiger partial charge in [-0.1, -0.05) is 23.9 Å². The molecule has 23 heavy (non-hydrogen) atoms. The van der Waals surface area contributed by atoms with Crippen molar-refractivity contribution in [2.45, 2.75) is 30.8 Å². The number of fused-ring (bicyclic) bond motifs is 1. The fraction of sp³-hybridized carbons (Fsp3) is 0.312. The Morgan fingerprint density at radius 3 is 2.91 bits per heavy atom. The maximum absolute atomic E-state index is 12.7. The quantitative estimate of drug-likeness (QED) is 0.552. The molecule has 0 fully saturated rings. The number of aliphatic hydroxyl groups excluding tert-OH is 1. The van der Waals surface area contributed by atoms with E-state index in [0.717, 1.165) is 11.5 Å². The molecule has 0 amide bonds. The molecule has 0 aliphatic rings. The van der Waals surface area contributed by atoms with E-state index in [-0.39, 0.29) is 12.2 Å². The summed E-state index contributed by atoms with van der Waals surface area (Å²) < 4.78 is 6.82. The van der Waals surface area contributed by atoms with Gasteiger partial charge in [-0.25, -0.2) is 9.97 Å². The summed E-state index contributed by atoms with van der Waals surface area (Å²) in [4.78, 5) is 21.4. The summed E-state index contributed by atoms with van der Waals surface area (Å²) in [6.07, 6.45) is 1.92. The highest BCUT2D eigenvalue weighted by Crippen LogP contribution is 2.23. The van der Waals surface area contributed by atoms with E-state index in [0.29, 0.717) is 34.8 Å². The number of thioether (sulfide) groups is 1. The summed E-state index contributed by atoms with van der Waals surface area (Å²) in [6, 6.07) is 7.30. The van der Waals surface area contributed by atoms with Crippen LogP contribution in [-0.2, 0) is 12.3 Å². The lowest BCUT2D eigenvalue weighted by Crippen LogP contribution is -2.24. The summed E-state index contributed by atoms with van der Waals surface area (Å²) >= 11 is 1.45. The fourth-order valence-electron chi connectivity index (χ4n) is 2.28. The predicted octanol–water partition coefficient (Wildman–Crippen LogP) is 2.37. The lowest BCUT2D eigenvalue weighted by molar-refractivity contribution is 0.276. The molecule has 6 nitrogen and oxygen atoms in total. The monoisotopic (exact) mass is 331 g/mol. The van der Waals surface area contributed by atoms with Gasteiger partial charge in [-0.05, 0) is 25.5 Å². The Morgan fingerprint density at radius 2 is 2.17 bits per heavy atom. The van der Waals surface area contributed by atoms with Crippen LogP contribution in [0.4, 0.5) is 0 Å². The Balaban J connectivity index is 1.99. The van der Waals surface area contributed by atoms with E-state index in [1.165, 1.54) is 18.2 Å². The zero-order chi connectivity index (χ0) is 16.2. The minimum Gasteiger partial charge on any atom is -0.448 e. The second kappa shape index (κ2) is 6.97. The number of oxazole rings is 1. The van der Waals surface area contributed by atoms with Gasteiger partial charge < -0.3 is 9.52 Å². The normalized spacial score (nSPS) is 11.2. The molecule has 1 aromatic carbocycles. The van der Waals surface area contributed by atoms with E-state index in [1.54, 1.807) is 10.6 Å². The van der Waals surface area contributed by atoms with Gasteiger partial charge in [0.15, 0.2) is 11.6 Å². The second-order valence-electron chi connectivity index (χ2n) is 5.09. The summed E-state index contributed by atoms with van der Waals surface area (Å²) in [5.74, 6) is 1.34. The third-order valence-corrected chi connectivity index (χ3v) is 4.54. The van der Waals surface area contributed by atoms with Gasteiger partial charge in [0.25, 0.3) is 5.56 Å². The van der Waals surface area contributed by atoms with Crippen LogP contribution in [0.3, 0.4) is 0 Å². The van der Waals surface area contributed by atoms with Crippen LogP contribution in [0, 0.1) is 6.92 Å². The Kier molecular flexibility index (Phi) is 4.78. The smallest absolute Gasteiger partial charge is 0.262 e. The van der Waals surface area contributed by atoms with E-state index in [1.807, 2.05) is 25.1 Å². The van der Waals surface area contributed by atoms with Crippen molar-refractivity contribution in [1.82, 2.24) is 14.5 Å². The minimum atomic E-state index is -0.0802. The van der Waals surface area contributed by atoms with Crippen LogP contribution in [0.2, 0.25) is 0 Å². The first kappa shape index (κ1) is 15.8. The number of benzene rings is 1. The van der Waals surface area contributed by atoms with Crippen LogP contribution < -0.4 is 5.56 Å². The van der Waals surface area contributed by atoms with Gasteiger partial charge in [0.2, 0.25) is 0 Å². The van der Waals surface area contributed by atoms with Crippen LogP contribution in [0.25, 0.3) is 10.9 Å². The summed E-state index contributed by atoms with van der Waals surface area (Å²) in [5.41, 5.74) is 1.44. The molecule has 0 unspecified atom stereocenters. The van der Waals surface area contributed by atoms with E-state index in [4.69, 9.17) is 9.52 Å². The Morgan fingerprint density at radius 1 is 1.35 bits per heavy atom. The number of aliphatic hydroxyl groups is 1. The van der Waals surface area contributed by atoms with Crippen LogP contribution in [0.1, 0.15) is 17.9 Å². The standard InChI is InChI=1S/C16H17N3O3S/c1-11-14(17-10-22-11)9-23-16-18-13-6-3-2-5-12(13)15(21)19(16)7-4-8-20/h2-3,5-6,10,20H,4,7-9H2,1H3. The number of aromatic nitrogens is 3. The van der Waals surface area contributed by atoms with Gasteiger partial charge in [0.05, 0.1) is 16.6 Å². The molecule has 3 rings (SSSR count). The maximum atomic E-state index is 12.7. The van der Waals surface area contributed by atoms with Gasteiger partial charge in [-0.15, -0.1) is 0 Å². The lowest BCUT2D eigenvalue weighted by Gasteiger charge is -2.12. The summed E-state index contributed by atoms with van der Waals surface area (Å²) in [6.45, 7) is 2.33. The van der Waals surface area contributed by atoms with Crippen molar-refractivity contribution >= 4 is 22.7 Å². The highest BCUT2D eigenvalue weighted by atomic mass is 32.2. The number of hydrogen-bond donors (Lipinski definition) is 1. The molecule has 2 aromatic heterocycles. The van der Waals surface area contributed by atoms with Crippen molar-refractivity contribution in [3.63, 3.8) is 0 Å². The fourth-order valence-corrected chi connectivity index (χ4v) is 3.32. The van der Waals surface area contributed by atoms with E-state index in [2.05, 4.69) is 9.97 Å². The first-order valence-electron chi connectivity index (χ1n) is 7.33. The zero-order valence-electron chi connectivity index (χ0n) is 12.7. The van der Waals surface area contributed by atoms with Crippen molar-refractivity contribution in [2.75, 3.05) is 6.61 Å². The van der Waals surface area contributed by atoms with Gasteiger partial charge >= 0.3 is 0 Å². The average molecular weight is 331 g/mol. The Bertz CT molecular complexity index is 872. The van der Waals surface area contributed by atoms with Crippen LogP contribution in [-0.4, -0.2) is 26.2 Å². The van der Waals surface area contributed by atoms with Crippen molar-refractivity contribution in [3.8, 4) is 0 Å². The number of para-hydroxylation sites is 1. The third-order valence-electron chi connectivity index (χ3n) is 3.55. The molecule has 0 bridgehead atoms. The predicted molar refractivity (Wildman–Crippen MR) is 88.5 cm³/mol. The number of rotatable bonds is 6. The molecular weight excluding hydrogens is 314 g/mol. The average Bonchev–Trinajstić information content (AvgIpc) is 2.97. The number of aryl methyl sites for hydroxylation is 1. The molecule has 0 saturated heterocycles. The van der Waals surface area contributed by atoms with Gasteiger partial charge in [0.1, 0.15) is 5.76 Å². The highest BCUT2D eigenvalue weighted by molar-refractivity contribution is 7.98. The van der Waals surface area contributed by atoms with E-state index >= 15 is 0 Å². The molecule has 1 N–H and O–H groups in total. The van der Waals surface area contributed by atoms with Gasteiger partial charge in [-0.3, -0.25) is 9.36 Å². The molecule has 0 aliphatic carbocycles. The first-order valence-corrected chi connectivity index (χ1v) is 8.31. The minimum absolute atomic E-state index is 0.0335. The molecule has 0 aliphatic heterocycles. The number of nitrogens with zero attached hydrogens (tertiary/aromatic N) is 3. The van der Waals surface area contributed by atoms with Crippen LogP contribution in [0.5, 0.6) is 0 Å². The third kappa shape index (κ3) is 3.30. The van der Waals surface area contributed by atoms with Gasteiger partial charge in [0, 0.05) is 18.9 Å². The molecular formula is C16H17N3O3S. The topological polar surface area (TPSA) is 81.2 Å². The molecule has 0 spiro atoms. The molecule has 3 aromatic rings. The summed E-state index contributed by atoms with van der Waals surface area (Å²) in [7, 11) is 0. The molecule has 7 heteroatoms. The Labute approximate surface area is 137 Å². The highest BCUT2D eigenvalue weighted by Gasteiger charge is 2.13. The SMILES string of the molecule is Cc1ocnc1CSc1nc2ccccc2c(=O)n1CCCO. The van der Waals surface area contributed by atoms with E-state index in [9.17, 15) is 4.79 Å². The van der Waals surface area contributed by atoms with Crippen molar-refractivity contribution in [1.29, 1.82) is 0 Å². The summed E-state index contributed by atoms with van der Waals surface area (Å²) in [5, 5.41) is 10.3. The first-order chi connectivity index (χ1) is 11.2. The zero-order valence-corrected chi connectivity index (χ0v) is 13.5. The maximum Gasteiger partial charge on any atom is 0.262 e. The van der Waals surface area contributed by atoms with Crippen molar-refractivity contribution in [2.24, 2.45) is 0 Å². The molecule has 0 radical (unpaired) electrons. The van der Waals surface area contributed by atoms with Crippen LogP contribution >= 0.6 is 11.8 Å². The van der Waals surface area contributed by atoms with Crippen LogP contribution in [0.15, 0.2) is 45.0 Å². The van der Waals surface area contributed by atoms with Crippen molar-refractivity contribution in [3.05, 3.63) is 52.5 Å². The second-order valence-corrected chi connectivity index (χ2v) is 6.03. The van der Waals surface area contributed by atoms with Crippen molar-refractivity contribution < 1.29 is 9.52 Å². The Hall–Kier alpha value is -2.12.